The van der Waals surface area contributed by atoms with Crippen LogP contribution in [0, 0.1) is 15.3 Å². The van der Waals surface area contributed by atoms with Gasteiger partial charge in [0.25, 0.3) is 0 Å². The number of carbonyl (C=O) groups is 1. The molecule has 0 aliphatic rings. The van der Waals surface area contributed by atoms with Gasteiger partial charge >= 0.3 is 0 Å². The quantitative estimate of drug-likeness (QED) is 0.0701. The van der Waals surface area contributed by atoms with Gasteiger partial charge in [0, 0.05) is 6.42 Å². The van der Waals surface area contributed by atoms with Gasteiger partial charge in [0.15, 0.2) is 6.23 Å². The first-order chi connectivity index (χ1) is 15.6. The van der Waals surface area contributed by atoms with Gasteiger partial charge in [-0.05, 0) is 12.8 Å². The van der Waals surface area contributed by atoms with E-state index in [9.17, 15) is 9.90 Å². The molecule has 0 spiro atoms. The average molecular weight is 476 g/mol. The van der Waals surface area contributed by atoms with Crippen molar-refractivity contribution in [3.8, 4) is 0 Å². The fourth-order valence-corrected chi connectivity index (χ4v) is 4.13. The lowest BCUT2D eigenvalue weighted by molar-refractivity contribution is -0.893. The maximum Gasteiger partial charge on any atom is 0.222 e. The van der Waals surface area contributed by atoms with E-state index in [1.165, 1.54) is 83.5 Å². The molecule has 8 nitrogen and oxygen atoms in total. The summed E-state index contributed by atoms with van der Waals surface area (Å²) in [4.78, 5) is 20.2. The van der Waals surface area contributed by atoms with Crippen LogP contribution in [0.4, 0.5) is 0 Å². The number of carbonyl (C=O) groups excluding carboxylic acids is 1. The van der Waals surface area contributed by atoms with Crippen molar-refractivity contribution in [3.63, 3.8) is 0 Å². The van der Waals surface area contributed by atoms with Gasteiger partial charge in [0.2, 0.25) is 5.91 Å². The predicted molar refractivity (Wildman–Crippen MR) is 136 cm³/mol. The zero-order chi connectivity index (χ0) is 25.4. The number of nitrogens with zero attached hydrogens (tertiary/aromatic N) is 2. The summed E-state index contributed by atoms with van der Waals surface area (Å²) < 4.78 is 0.733. The Morgan fingerprint density at radius 3 is 1.52 bits per heavy atom. The number of unbranched alkanes of at least 4 members (excludes halogenated alkanes) is 14. The van der Waals surface area contributed by atoms with Gasteiger partial charge in [-0.25, -0.2) is 0 Å². The van der Waals surface area contributed by atoms with Crippen molar-refractivity contribution in [3.05, 3.63) is 15.3 Å². The van der Waals surface area contributed by atoms with Crippen LogP contribution in [0.15, 0.2) is 0 Å². The van der Waals surface area contributed by atoms with Gasteiger partial charge in [0.1, 0.15) is 6.54 Å². The molecule has 0 rings (SSSR count). The molecular formula is C25H53N3O5. The van der Waals surface area contributed by atoms with Gasteiger partial charge in [-0.1, -0.05) is 104 Å². The minimum absolute atomic E-state index is 0.0105. The Morgan fingerprint density at radius 2 is 1.15 bits per heavy atom. The number of aliphatic hydroxyl groups is 1. The van der Waals surface area contributed by atoms with Gasteiger partial charge in [-0.3, -0.25) is 4.79 Å². The summed E-state index contributed by atoms with van der Waals surface area (Å²) >= 11 is 0. The molecular weight excluding hydrogens is 422 g/mol. The van der Waals surface area contributed by atoms with Crippen LogP contribution >= 0.6 is 0 Å². The van der Waals surface area contributed by atoms with E-state index in [4.69, 9.17) is 15.3 Å². The molecule has 0 saturated heterocycles. The number of likely N-dealkylation sites (N-methyl/N-ethyl adjacent to an activating group) is 1. The molecule has 1 amide bonds. The predicted octanol–water partition coefficient (Wildman–Crippen LogP) is 5.93. The highest BCUT2D eigenvalue weighted by molar-refractivity contribution is 5.75. The molecule has 0 bridgehead atoms. The smallest absolute Gasteiger partial charge is 0.222 e. The Kier molecular flexibility index (Phi) is 24.3. The largest absolute Gasteiger partial charge is 0.368 e. The number of nitrogens with one attached hydrogen (secondary N) is 1. The van der Waals surface area contributed by atoms with Crippen molar-refractivity contribution in [1.82, 2.24) is 5.32 Å². The Hall–Kier alpha value is -1.41. The molecule has 0 heterocycles. The second-order valence-electron chi connectivity index (χ2n) is 9.85. The lowest BCUT2D eigenvalue weighted by Gasteiger charge is -2.31. The van der Waals surface area contributed by atoms with E-state index >= 15 is 0 Å². The molecule has 0 aromatic carbocycles. The number of rotatable bonds is 21. The summed E-state index contributed by atoms with van der Waals surface area (Å²) in [7, 11) is 4.18. The van der Waals surface area contributed by atoms with Crippen LogP contribution in [-0.2, 0) is 4.79 Å². The van der Waals surface area contributed by atoms with Crippen molar-refractivity contribution in [2.45, 2.75) is 129 Å². The third-order valence-corrected chi connectivity index (χ3v) is 5.83. The lowest BCUT2D eigenvalue weighted by Crippen LogP contribution is -2.51. The molecule has 1 unspecified atom stereocenters. The van der Waals surface area contributed by atoms with E-state index < -0.39 is 11.3 Å². The van der Waals surface area contributed by atoms with Crippen LogP contribution in [-0.4, -0.2) is 54.0 Å². The maximum atomic E-state index is 12.0. The fourth-order valence-electron chi connectivity index (χ4n) is 4.13. The van der Waals surface area contributed by atoms with Crippen LogP contribution in [0.5, 0.6) is 0 Å². The van der Waals surface area contributed by atoms with Gasteiger partial charge in [0.05, 0.1) is 25.7 Å². The number of amides is 1. The summed E-state index contributed by atoms with van der Waals surface area (Å²) in [6, 6.07) is 0. The van der Waals surface area contributed by atoms with Gasteiger partial charge < -0.3 is 30.2 Å². The summed E-state index contributed by atoms with van der Waals surface area (Å²) in [5.41, 5.74) is 0. The first kappa shape index (κ1) is 33.8. The highest BCUT2D eigenvalue weighted by Gasteiger charge is 2.20. The van der Waals surface area contributed by atoms with Crippen molar-refractivity contribution < 1.29 is 19.5 Å². The lowest BCUT2D eigenvalue weighted by atomic mass is 10.0. The molecule has 0 aromatic rings. The third-order valence-electron chi connectivity index (χ3n) is 5.83. The number of aliphatic hydroxyl groups excluding tert-OH is 1. The van der Waals surface area contributed by atoms with E-state index in [0.717, 1.165) is 30.3 Å². The minimum atomic E-state index is -1.75. The maximum absolute atomic E-state index is 12.0. The van der Waals surface area contributed by atoms with E-state index in [1.807, 2.05) is 0 Å². The average Bonchev–Trinajstić information content (AvgIpc) is 2.69. The topological polar surface area (TPSA) is 116 Å². The van der Waals surface area contributed by atoms with Crippen LogP contribution in [0.2, 0.25) is 0 Å². The van der Waals surface area contributed by atoms with Crippen molar-refractivity contribution in [2.75, 3.05) is 27.2 Å². The highest BCUT2D eigenvalue weighted by atomic mass is 16.9. The number of quaternary nitrogens is 1. The standard InChI is InChI=1S/C25H52N2O2.NO3/c1-5-7-8-9-10-11-12-13-14-15-16-17-18-19-20-21-24(28)26-25(29)23-27(3,4)22-6-2;2-1(3)4/h25,29H,5-23H2,1-4H3;/q;-1/p+1. The summed E-state index contributed by atoms with van der Waals surface area (Å²) in [6.07, 6.45) is 20.8. The molecule has 1 atom stereocenters. The van der Waals surface area contributed by atoms with Crippen molar-refractivity contribution >= 4 is 5.91 Å². The molecule has 0 aromatic heterocycles. The Morgan fingerprint density at radius 1 is 0.788 bits per heavy atom. The monoisotopic (exact) mass is 475 g/mol. The Balaban J connectivity index is 0. The van der Waals surface area contributed by atoms with Crippen molar-refractivity contribution in [1.29, 1.82) is 0 Å². The van der Waals surface area contributed by atoms with Crippen LogP contribution in [0.1, 0.15) is 123 Å². The SMILES string of the molecule is CCCCCCCCCCCCCCCCCC(=O)NC(O)C[N+](C)(C)CCC.O=[N+]([O-])[O-]. The van der Waals surface area contributed by atoms with Gasteiger partial charge in [-0.15, -0.1) is 0 Å². The second-order valence-corrected chi connectivity index (χ2v) is 9.85. The van der Waals surface area contributed by atoms with Crippen molar-refractivity contribution in [2.24, 2.45) is 0 Å². The van der Waals surface area contributed by atoms with E-state index in [0.29, 0.717) is 13.0 Å². The normalized spacial score (nSPS) is 12.0. The molecule has 0 saturated carbocycles. The fraction of sp³-hybridized carbons (Fsp3) is 0.960. The molecule has 198 valence electrons. The molecule has 8 heteroatoms. The van der Waals surface area contributed by atoms with E-state index in [1.54, 1.807) is 0 Å². The molecule has 0 aliphatic carbocycles. The van der Waals surface area contributed by atoms with Crippen LogP contribution in [0.3, 0.4) is 0 Å². The molecule has 33 heavy (non-hydrogen) atoms. The zero-order valence-corrected chi connectivity index (χ0v) is 22.0. The Labute approximate surface area is 202 Å². The van der Waals surface area contributed by atoms with E-state index in [2.05, 4.69) is 33.3 Å². The number of hydrogen-bond acceptors (Lipinski definition) is 5. The second kappa shape index (κ2) is 23.7. The molecule has 2 N–H and O–H groups in total. The van der Waals surface area contributed by atoms with Gasteiger partial charge in [-0.2, -0.15) is 0 Å². The molecule has 0 radical (unpaired) electrons. The summed E-state index contributed by atoms with van der Waals surface area (Å²) in [5.74, 6) is -0.0105. The Bertz CT molecular complexity index is 457. The van der Waals surface area contributed by atoms with Crippen LogP contribution < -0.4 is 5.32 Å². The summed E-state index contributed by atoms with van der Waals surface area (Å²) in [6.45, 7) is 5.99. The highest BCUT2D eigenvalue weighted by Crippen LogP contribution is 2.13. The third kappa shape index (κ3) is 30.6. The van der Waals surface area contributed by atoms with Crippen LogP contribution in [0.25, 0.3) is 0 Å². The first-order valence-corrected chi connectivity index (χ1v) is 13.3. The molecule has 0 fully saturated rings. The molecule has 0 aliphatic heterocycles. The zero-order valence-electron chi connectivity index (χ0n) is 22.0. The minimum Gasteiger partial charge on any atom is -0.368 e. The first-order valence-electron chi connectivity index (χ1n) is 13.3. The number of hydrogen-bond donors (Lipinski definition) is 2. The summed E-state index contributed by atoms with van der Waals surface area (Å²) in [5, 5.41) is 27.6. The van der Waals surface area contributed by atoms with E-state index in [-0.39, 0.29) is 5.91 Å².